The van der Waals surface area contributed by atoms with Gasteiger partial charge < -0.3 is 10.1 Å². The van der Waals surface area contributed by atoms with Crippen LogP contribution in [-0.4, -0.2) is 29.9 Å². The van der Waals surface area contributed by atoms with Crippen LogP contribution in [0.2, 0.25) is 0 Å². The molecule has 1 heterocycles. The Kier molecular flexibility index (Phi) is 3.76. The maximum Gasteiger partial charge on any atom is 0.337 e. The van der Waals surface area contributed by atoms with E-state index < -0.39 is 17.5 Å². The molecule has 3 amide bonds. The Morgan fingerprint density at radius 2 is 2.00 bits per heavy atom. The molecule has 0 saturated carbocycles. The molecule has 4 rings (SSSR count). The van der Waals surface area contributed by atoms with Crippen molar-refractivity contribution in [2.24, 2.45) is 0 Å². The summed E-state index contributed by atoms with van der Waals surface area (Å²) in [6, 6.07) is 14.1. The molecule has 6 heteroatoms. The fraction of sp³-hybridized carbons (Fsp3) is 0.250. The zero-order valence-corrected chi connectivity index (χ0v) is 14.3. The van der Waals surface area contributed by atoms with E-state index in [0.29, 0.717) is 17.5 Å². The van der Waals surface area contributed by atoms with Crippen molar-refractivity contribution in [2.75, 3.05) is 7.11 Å². The molecular weight excluding hydrogens is 332 g/mol. The van der Waals surface area contributed by atoms with Gasteiger partial charge in [-0.1, -0.05) is 36.4 Å². The fourth-order valence-electron chi connectivity index (χ4n) is 3.83. The van der Waals surface area contributed by atoms with Gasteiger partial charge in [0.15, 0.2) is 0 Å². The second kappa shape index (κ2) is 5.98. The van der Waals surface area contributed by atoms with E-state index in [9.17, 15) is 14.4 Å². The van der Waals surface area contributed by atoms with Crippen LogP contribution in [0.3, 0.4) is 0 Å². The zero-order valence-electron chi connectivity index (χ0n) is 14.3. The first-order valence-electron chi connectivity index (χ1n) is 8.45. The van der Waals surface area contributed by atoms with Gasteiger partial charge in [0.25, 0.3) is 5.91 Å². The minimum atomic E-state index is -0.965. The number of fused-ring (bicyclic) bond motifs is 2. The van der Waals surface area contributed by atoms with Gasteiger partial charge in [-0.15, -0.1) is 0 Å². The highest BCUT2D eigenvalue weighted by atomic mass is 16.5. The minimum Gasteiger partial charge on any atom is -0.465 e. The number of carbonyl (C=O) groups is 3. The molecule has 2 aromatic carbocycles. The summed E-state index contributed by atoms with van der Waals surface area (Å²) >= 11 is 0. The molecule has 0 aromatic heterocycles. The molecule has 2 aromatic rings. The lowest BCUT2D eigenvalue weighted by Gasteiger charge is -2.22. The molecule has 1 N–H and O–H groups in total. The second-order valence-electron chi connectivity index (χ2n) is 6.58. The topological polar surface area (TPSA) is 75.7 Å². The van der Waals surface area contributed by atoms with Gasteiger partial charge in [-0.25, -0.2) is 9.59 Å². The van der Waals surface area contributed by atoms with Crippen molar-refractivity contribution >= 4 is 17.9 Å². The largest absolute Gasteiger partial charge is 0.465 e. The average molecular weight is 350 g/mol. The number of aryl methyl sites for hydroxylation is 1. The van der Waals surface area contributed by atoms with Crippen LogP contribution in [0.15, 0.2) is 48.5 Å². The summed E-state index contributed by atoms with van der Waals surface area (Å²) in [7, 11) is 1.31. The molecule has 1 aliphatic heterocycles. The number of ether oxygens (including phenoxy) is 1. The molecular formula is C20H18N2O4. The van der Waals surface area contributed by atoms with Crippen molar-refractivity contribution in [3.8, 4) is 0 Å². The molecule has 0 radical (unpaired) electrons. The molecule has 1 fully saturated rings. The summed E-state index contributed by atoms with van der Waals surface area (Å²) in [5, 5.41) is 2.90. The zero-order chi connectivity index (χ0) is 18.3. The van der Waals surface area contributed by atoms with E-state index in [-0.39, 0.29) is 12.5 Å². The lowest BCUT2D eigenvalue weighted by molar-refractivity contribution is -0.132. The van der Waals surface area contributed by atoms with Gasteiger partial charge in [0, 0.05) is 0 Å². The highest BCUT2D eigenvalue weighted by Crippen LogP contribution is 2.41. The Hall–Kier alpha value is -3.15. The Bertz CT molecular complexity index is 924. The second-order valence-corrected chi connectivity index (χ2v) is 6.58. The third-order valence-corrected chi connectivity index (χ3v) is 5.11. The summed E-state index contributed by atoms with van der Waals surface area (Å²) in [6.45, 7) is 0.111. The molecule has 1 atom stereocenters. The summed E-state index contributed by atoms with van der Waals surface area (Å²) < 4.78 is 4.72. The predicted octanol–water partition coefficient (Wildman–Crippen LogP) is 2.37. The van der Waals surface area contributed by atoms with Crippen LogP contribution in [-0.2, 0) is 28.0 Å². The predicted molar refractivity (Wildman–Crippen MR) is 93.3 cm³/mol. The van der Waals surface area contributed by atoms with Gasteiger partial charge in [0.2, 0.25) is 0 Å². The van der Waals surface area contributed by atoms with Crippen LogP contribution >= 0.6 is 0 Å². The number of esters is 1. The Labute approximate surface area is 150 Å². The standard InChI is InChI=1S/C20H18N2O4/c1-26-17(23)15-7-4-5-13(11-15)12-22-18(24)20(21-19(22)25)10-9-14-6-2-3-8-16(14)20/h2-8,11H,9-10,12H2,1H3,(H,21,25). The molecule has 26 heavy (non-hydrogen) atoms. The number of imide groups is 1. The van der Waals surface area contributed by atoms with Crippen molar-refractivity contribution in [3.63, 3.8) is 0 Å². The smallest absolute Gasteiger partial charge is 0.337 e. The van der Waals surface area contributed by atoms with E-state index in [1.54, 1.807) is 24.3 Å². The summed E-state index contributed by atoms with van der Waals surface area (Å²) in [5.41, 5.74) is 2.09. The number of hydrogen-bond acceptors (Lipinski definition) is 4. The molecule has 1 aliphatic carbocycles. The molecule has 132 valence electrons. The lowest BCUT2D eigenvalue weighted by Crippen LogP contribution is -2.41. The summed E-state index contributed by atoms with van der Waals surface area (Å²) in [6.07, 6.45) is 1.32. The van der Waals surface area contributed by atoms with E-state index >= 15 is 0 Å². The van der Waals surface area contributed by atoms with Gasteiger partial charge in [-0.3, -0.25) is 9.69 Å². The van der Waals surface area contributed by atoms with E-state index in [0.717, 1.165) is 17.5 Å². The first-order chi connectivity index (χ1) is 12.5. The van der Waals surface area contributed by atoms with Crippen molar-refractivity contribution in [3.05, 3.63) is 70.8 Å². The number of hydrogen-bond donors (Lipinski definition) is 1. The van der Waals surface area contributed by atoms with Crippen LogP contribution in [0.25, 0.3) is 0 Å². The Balaban J connectivity index is 1.63. The third-order valence-electron chi connectivity index (χ3n) is 5.11. The van der Waals surface area contributed by atoms with Crippen LogP contribution in [0, 0.1) is 0 Å². The molecule has 0 bridgehead atoms. The first-order valence-corrected chi connectivity index (χ1v) is 8.45. The highest BCUT2D eigenvalue weighted by Gasteiger charge is 2.55. The number of amides is 3. The van der Waals surface area contributed by atoms with Gasteiger partial charge >= 0.3 is 12.0 Å². The first kappa shape index (κ1) is 16.3. The van der Waals surface area contributed by atoms with Crippen molar-refractivity contribution in [2.45, 2.75) is 24.9 Å². The van der Waals surface area contributed by atoms with E-state index in [4.69, 9.17) is 4.74 Å². The number of rotatable bonds is 3. The number of urea groups is 1. The highest BCUT2D eigenvalue weighted by molar-refractivity contribution is 6.08. The molecule has 1 unspecified atom stereocenters. The van der Waals surface area contributed by atoms with Gasteiger partial charge in [0.1, 0.15) is 5.54 Å². The van der Waals surface area contributed by atoms with Crippen molar-refractivity contribution in [1.82, 2.24) is 10.2 Å². The minimum absolute atomic E-state index is 0.111. The summed E-state index contributed by atoms with van der Waals surface area (Å²) in [5.74, 6) is -0.693. The van der Waals surface area contributed by atoms with E-state index in [1.165, 1.54) is 12.0 Å². The van der Waals surface area contributed by atoms with Gasteiger partial charge in [-0.05, 0) is 41.7 Å². The SMILES string of the molecule is COC(=O)c1cccc(CN2C(=O)NC3(CCc4ccccc43)C2=O)c1. The van der Waals surface area contributed by atoms with Crippen molar-refractivity contribution in [1.29, 1.82) is 0 Å². The van der Waals surface area contributed by atoms with Crippen LogP contribution < -0.4 is 5.32 Å². The number of nitrogens with one attached hydrogen (secondary N) is 1. The fourth-order valence-corrected chi connectivity index (χ4v) is 3.83. The van der Waals surface area contributed by atoms with Crippen LogP contribution in [0.1, 0.15) is 33.5 Å². The Morgan fingerprint density at radius 3 is 2.81 bits per heavy atom. The molecule has 1 spiro atoms. The van der Waals surface area contributed by atoms with Gasteiger partial charge in [-0.2, -0.15) is 0 Å². The normalized spacial score (nSPS) is 21.0. The van der Waals surface area contributed by atoms with Crippen LogP contribution in [0.4, 0.5) is 4.79 Å². The average Bonchev–Trinajstić information content (AvgIpc) is 3.15. The van der Waals surface area contributed by atoms with Crippen molar-refractivity contribution < 1.29 is 19.1 Å². The maximum absolute atomic E-state index is 13.1. The monoisotopic (exact) mass is 350 g/mol. The lowest BCUT2D eigenvalue weighted by atomic mass is 9.92. The number of benzene rings is 2. The van der Waals surface area contributed by atoms with E-state index in [2.05, 4.69) is 5.32 Å². The quantitative estimate of drug-likeness (QED) is 0.681. The number of nitrogens with zero attached hydrogens (tertiary/aromatic N) is 1. The molecule has 6 nitrogen and oxygen atoms in total. The number of carbonyl (C=O) groups excluding carboxylic acids is 3. The Morgan fingerprint density at radius 1 is 1.19 bits per heavy atom. The third kappa shape index (κ3) is 2.37. The van der Waals surface area contributed by atoms with Gasteiger partial charge in [0.05, 0.1) is 19.2 Å². The number of methoxy groups -OCH3 is 1. The van der Waals surface area contributed by atoms with E-state index in [1.807, 2.05) is 24.3 Å². The molecule has 2 aliphatic rings. The van der Waals surface area contributed by atoms with Crippen LogP contribution in [0.5, 0.6) is 0 Å². The summed E-state index contributed by atoms with van der Waals surface area (Å²) in [4.78, 5) is 38.6. The maximum atomic E-state index is 13.1. The molecule has 1 saturated heterocycles.